The van der Waals surface area contributed by atoms with E-state index in [0.29, 0.717) is 13.2 Å². The lowest BCUT2D eigenvalue weighted by atomic mass is 10.2. The number of benzene rings is 1. The van der Waals surface area contributed by atoms with Crippen molar-refractivity contribution in [1.82, 2.24) is 24.6 Å². The van der Waals surface area contributed by atoms with Gasteiger partial charge < -0.3 is 24.4 Å². The fourth-order valence-electron chi connectivity index (χ4n) is 2.95. The summed E-state index contributed by atoms with van der Waals surface area (Å²) in [6, 6.07) is 6.74. The van der Waals surface area contributed by atoms with E-state index in [1.807, 2.05) is 26.2 Å². The minimum Gasteiger partial charge on any atom is -0.475 e. The van der Waals surface area contributed by atoms with Gasteiger partial charge in [-0.3, -0.25) is 4.90 Å². The van der Waals surface area contributed by atoms with Crippen LogP contribution in [0.2, 0.25) is 0 Å². The SMILES string of the molecule is CN(C)CCOCc1nnc2n1CCN(Cc1ccc(F)cc1)CC2.O=C(O)C(F)(F)F.O=C(O)C(F)(F)F. The highest BCUT2D eigenvalue weighted by atomic mass is 19.4. The number of ether oxygens (including phenoxy) is 1. The Morgan fingerprint density at radius 1 is 0.949 bits per heavy atom. The molecule has 220 valence electrons. The largest absolute Gasteiger partial charge is 0.490 e. The molecule has 1 aromatic heterocycles. The number of likely N-dealkylation sites (N-methyl/N-ethyl adjacent to an activating group) is 1. The lowest BCUT2D eigenvalue weighted by Crippen LogP contribution is -2.26. The summed E-state index contributed by atoms with van der Waals surface area (Å²) in [4.78, 5) is 22.3. The molecule has 0 amide bonds. The molecular formula is C22H28F7N5O5. The second kappa shape index (κ2) is 15.3. The summed E-state index contributed by atoms with van der Waals surface area (Å²) in [6.07, 6.45) is -9.30. The fraction of sp³-hybridized carbons (Fsp3) is 0.545. The highest BCUT2D eigenvalue weighted by Crippen LogP contribution is 2.15. The Bertz CT molecular complexity index is 1020. The Hall–Kier alpha value is -3.31. The molecule has 2 heterocycles. The fourth-order valence-corrected chi connectivity index (χ4v) is 2.95. The lowest BCUT2D eigenvalue weighted by Gasteiger charge is -2.19. The number of hydrogen-bond acceptors (Lipinski definition) is 7. The molecule has 3 rings (SSSR count). The van der Waals surface area contributed by atoms with Crippen LogP contribution in [0, 0.1) is 5.82 Å². The van der Waals surface area contributed by atoms with E-state index in [1.54, 1.807) is 0 Å². The normalized spacial score (nSPS) is 13.9. The molecule has 0 spiro atoms. The Kier molecular flexibility index (Phi) is 13.2. The predicted molar refractivity (Wildman–Crippen MR) is 121 cm³/mol. The molecule has 10 nitrogen and oxygen atoms in total. The molecule has 39 heavy (non-hydrogen) atoms. The summed E-state index contributed by atoms with van der Waals surface area (Å²) in [5.74, 6) is -3.78. The second-order valence-electron chi connectivity index (χ2n) is 8.30. The van der Waals surface area contributed by atoms with Crippen LogP contribution in [-0.4, -0.2) is 99.4 Å². The van der Waals surface area contributed by atoms with Crippen molar-refractivity contribution in [3.8, 4) is 0 Å². The summed E-state index contributed by atoms with van der Waals surface area (Å²) >= 11 is 0. The predicted octanol–water partition coefficient (Wildman–Crippen LogP) is 2.82. The molecule has 0 atom stereocenters. The van der Waals surface area contributed by atoms with Crippen LogP contribution in [0.4, 0.5) is 30.7 Å². The molecule has 0 fully saturated rings. The Labute approximate surface area is 218 Å². The van der Waals surface area contributed by atoms with Gasteiger partial charge in [0, 0.05) is 39.1 Å². The van der Waals surface area contributed by atoms with Gasteiger partial charge in [0.05, 0.1) is 6.61 Å². The van der Waals surface area contributed by atoms with Crippen molar-refractivity contribution in [3.05, 3.63) is 47.3 Å². The summed E-state index contributed by atoms with van der Waals surface area (Å²) in [5, 5.41) is 22.9. The van der Waals surface area contributed by atoms with Crippen LogP contribution >= 0.6 is 0 Å². The molecule has 0 aliphatic carbocycles. The molecule has 0 saturated heterocycles. The van der Waals surface area contributed by atoms with Crippen molar-refractivity contribution in [2.45, 2.75) is 38.5 Å². The number of aliphatic carboxylic acids is 2. The van der Waals surface area contributed by atoms with E-state index in [9.17, 15) is 30.7 Å². The number of alkyl halides is 6. The van der Waals surface area contributed by atoms with Crippen molar-refractivity contribution in [1.29, 1.82) is 0 Å². The van der Waals surface area contributed by atoms with Crippen molar-refractivity contribution in [2.24, 2.45) is 0 Å². The number of carboxylic acids is 2. The first-order valence-corrected chi connectivity index (χ1v) is 11.2. The van der Waals surface area contributed by atoms with Crippen LogP contribution in [0.15, 0.2) is 24.3 Å². The minimum atomic E-state index is -5.08. The Balaban J connectivity index is 0.000000449. The molecule has 1 aliphatic rings. The first-order chi connectivity index (χ1) is 18.0. The quantitative estimate of drug-likeness (QED) is 0.379. The zero-order chi connectivity index (χ0) is 29.8. The third kappa shape index (κ3) is 13.4. The van der Waals surface area contributed by atoms with Gasteiger partial charge in [-0.15, -0.1) is 10.2 Å². The van der Waals surface area contributed by atoms with Crippen molar-refractivity contribution < 1.29 is 55.3 Å². The van der Waals surface area contributed by atoms with Crippen molar-refractivity contribution >= 4 is 11.9 Å². The van der Waals surface area contributed by atoms with E-state index in [-0.39, 0.29) is 5.82 Å². The number of rotatable bonds is 7. The Morgan fingerprint density at radius 2 is 1.49 bits per heavy atom. The maximum absolute atomic E-state index is 13.0. The molecule has 2 N–H and O–H groups in total. The van der Waals surface area contributed by atoms with E-state index in [0.717, 1.165) is 56.4 Å². The summed E-state index contributed by atoms with van der Waals surface area (Å²) < 4.78 is 84.4. The van der Waals surface area contributed by atoms with Gasteiger partial charge in [0.1, 0.15) is 18.2 Å². The van der Waals surface area contributed by atoms with Crippen molar-refractivity contribution in [3.63, 3.8) is 0 Å². The molecule has 2 aromatic rings. The van der Waals surface area contributed by atoms with E-state index < -0.39 is 24.3 Å². The lowest BCUT2D eigenvalue weighted by molar-refractivity contribution is -0.193. The molecule has 0 saturated carbocycles. The van der Waals surface area contributed by atoms with Gasteiger partial charge >= 0.3 is 24.3 Å². The topological polar surface area (TPSA) is 121 Å². The zero-order valence-corrected chi connectivity index (χ0v) is 21.0. The molecule has 1 aliphatic heterocycles. The van der Waals surface area contributed by atoms with Crippen LogP contribution in [0.1, 0.15) is 17.2 Å². The summed E-state index contributed by atoms with van der Waals surface area (Å²) in [6.45, 7) is 5.62. The number of fused-ring (bicyclic) bond motifs is 1. The molecular weight excluding hydrogens is 547 g/mol. The first-order valence-electron chi connectivity index (χ1n) is 11.2. The monoisotopic (exact) mass is 575 g/mol. The summed E-state index contributed by atoms with van der Waals surface area (Å²) in [5.41, 5.74) is 1.13. The number of halogens is 7. The molecule has 0 bridgehead atoms. The van der Waals surface area contributed by atoms with Crippen LogP contribution in [-0.2, 0) is 40.4 Å². The third-order valence-electron chi connectivity index (χ3n) is 4.91. The van der Waals surface area contributed by atoms with Gasteiger partial charge in [0.15, 0.2) is 5.82 Å². The second-order valence-corrected chi connectivity index (χ2v) is 8.30. The molecule has 17 heteroatoms. The average molecular weight is 575 g/mol. The van der Waals surface area contributed by atoms with Crippen molar-refractivity contribution in [2.75, 3.05) is 40.3 Å². The van der Waals surface area contributed by atoms with Crippen LogP contribution in [0.3, 0.4) is 0 Å². The average Bonchev–Trinajstić information content (AvgIpc) is 3.09. The van der Waals surface area contributed by atoms with E-state index >= 15 is 0 Å². The van der Waals surface area contributed by atoms with Gasteiger partial charge in [-0.25, -0.2) is 14.0 Å². The summed E-state index contributed by atoms with van der Waals surface area (Å²) in [7, 11) is 4.06. The zero-order valence-electron chi connectivity index (χ0n) is 21.0. The number of carboxylic acid groups (broad SMARTS) is 2. The first kappa shape index (κ1) is 33.7. The third-order valence-corrected chi connectivity index (χ3v) is 4.91. The number of carbonyl (C=O) groups is 2. The maximum Gasteiger partial charge on any atom is 0.490 e. The standard InChI is InChI=1S/C18H26FN5O.2C2HF3O2/c1-22(2)11-12-25-14-18-21-20-17-7-8-23(9-10-24(17)18)13-15-3-5-16(19)6-4-15;2*3-2(4,5)1(6)7/h3-6H,7-14H2,1-2H3;2*(H,6,7). The van der Waals surface area contributed by atoms with Crippen LogP contribution in [0.5, 0.6) is 0 Å². The van der Waals surface area contributed by atoms with Gasteiger partial charge in [-0.05, 0) is 31.8 Å². The smallest absolute Gasteiger partial charge is 0.475 e. The van der Waals surface area contributed by atoms with E-state index in [4.69, 9.17) is 24.5 Å². The Morgan fingerprint density at radius 3 is 1.97 bits per heavy atom. The van der Waals surface area contributed by atoms with Gasteiger partial charge in [0.2, 0.25) is 0 Å². The highest BCUT2D eigenvalue weighted by Gasteiger charge is 2.38. The van der Waals surface area contributed by atoms with Gasteiger partial charge in [-0.2, -0.15) is 26.3 Å². The maximum atomic E-state index is 13.0. The molecule has 1 aromatic carbocycles. The number of hydrogen-bond donors (Lipinski definition) is 2. The molecule has 0 unspecified atom stereocenters. The highest BCUT2D eigenvalue weighted by molar-refractivity contribution is 5.73. The number of nitrogens with zero attached hydrogens (tertiary/aromatic N) is 5. The minimum absolute atomic E-state index is 0.190. The van der Waals surface area contributed by atoms with Crippen LogP contribution in [0.25, 0.3) is 0 Å². The van der Waals surface area contributed by atoms with E-state index in [2.05, 4.69) is 24.6 Å². The van der Waals surface area contributed by atoms with Gasteiger partial charge in [-0.1, -0.05) is 12.1 Å². The van der Waals surface area contributed by atoms with E-state index in [1.165, 1.54) is 12.1 Å². The number of aromatic nitrogens is 3. The van der Waals surface area contributed by atoms with Crippen LogP contribution < -0.4 is 0 Å². The molecule has 0 radical (unpaired) electrons. The van der Waals surface area contributed by atoms with Gasteiger partial charge in [0.25, 0.3) is 0 Å².